The van der Waals surface area contributed by atoms with Crippen LogP contribution in [0.3, 0.4) is 0 Å². The van der Waals surface area contributed by atoms with E-state index in [9.17, 15) is 18.0 Å². The maximum absolute atomic E-state index is 13.2. The average molecular weight is 484 g/mol. The molecule has 3 heterocycles. The van der Waals surface area contributed by atoms with Crippen LogP contribution < -0.4 is 5.32 Å². The van der Waals surface area contributed by atoms with E-state index in [2.05, 4.69) is 27.8 Å². The molecule has 35 heavy (non-hydrogen) atoms. The Kier molecular flexibility index (Phi) is 6.19. The smallest absolute Gasteiger partial charge is 0.416 e. The van der Waals surface area contributed by atoms with Crippen molar-refractivity contribution in [1.29, 1.82) is 0 Å². The Morgan fingerprint density at radius 2 is 1.89 bits per heavy atom. The van der Waals surface area contributed by atoms with Crippen molar-refractivity contribution >= 4 is 16.9 Å². The fraction of sp³-hybridized carbons (Fsp3) is 0.370. The van der Waals surface area contributed by atoms with Gasteiger partial charge in [0.25, 0.3) is 0 Å². The van der Waals surface area contributed by atoms with Crippen LogP contribution >= 0.6 is 0 Å². The summed E-state index contributed by atoms with van der Waals surface area (Å²) >= 11 is 0. The van der Waals surface area contributed by atoms with Gasteiger partial charge in [0.05, 0.1) is 18.7 Å². The van der Waals surface area contributed by atoms with Crippen LogP contribution in [0.5, 0.6) is 0 Å². The molecular formula is C27H28F3N3O2. The van der Waals surface area contributed by atoms with E-state index >= 15 is 0 Å². The van der Waals surface area contributed by atoms with Crippen LogP contribution in [0.2, 0.25) is 0 Å². The lowest BCUT2D eigenvalue weighted by molar-refractivity contribution is -0.152. The van der Waals surface area contributed by atoms with E-state index in [0.717, 1.165) is 46.3 Å². The van der Waals surface area contributed by atoms with Crippen molar-refractivity contribution in [2.45, 2.75) is 49.6 Å². The summed E-state index contributed by atoms with van der Waals surface area (Å²) in [6, 6.07) is 12.5. The number of piperidine rings is 1. The van der Waals surface area contributed by atoms with Gasteiger partial charge in [-0.25, -0.2) is 0 Å². The van der Waals surface area contributed by atoms with Crippen LogP contribution in [0.1, 0.15) is 47.3 Å². The molecule has 0 unspecified atom stereocenters. The van der Waals surface area contributed by atoms with Gasteiger partial charge in [-0.05, 0) is 42.2 Å². The fourth-order valence-corrected chi connectivity index (χ4v) is 5.78. The molecule has 1 saturated heterocycles. The van der Waals surface area contributed by atoms with E-state index in [0.29, 0.717) is 19.4 Å². The van der Waals surface area contributed by atoms with Crippen LogP contribution in [0.25, 0.3) is 10.9 Å². The first kappa shape index (κ1) is 23.6. The van der Waals surface area contributed by atoms with Crippen LogP contribution in [-0.2, 0) is 22.1 Å². The van der Waals surface area contributed by atoms with Crippen molar-refractivity contribution in [2.75, 3.05) is 13.7 Å². The Morgan fingerprint density at radius 1 is 1.17 bits per heavy atom. The number of benzene rings is 2. The highest BCUT2D eigenvalue weighted by atomic mass is 19.4. The number of fused-ring (bicyclic) bond motifs is 5. The number of aromatic nitrogens is 1. The van der Waals surface area contributed by atoms with Gasteiger partial charge in [-0.2, -0.15) is 13.2 Å². The Hall–Kier alpha value is -3.10. The number of halogens is 3. The number of alkyl halides is 3. The number of methoxy groups -OCH3 is 1. The number of ether oxygens (including phenoxy) is 1. The molecule has 184 valence electrons. The summed E-state index contributed by atoms with van der Waals surface area (Å²) in [5.41, 5.74) is 3.24. The standard InChI is InChI=1S/C27H28F3N3O2/c1-3-12-31-18-13-22(16-8-10-17(11-9-16)27(28,29)30)33-23(14-18)25-20(15-24(33)26(34)35-2)19-6-4-5-7-21(19)32-25/h3-11,18,22-24,31-32H,1,12-15H2,2H3/t18-,22-,23+,24-/m0/s1. The molecule has 8 heteroatoms. The lowest BCUT2D eigenvalue weighted by atomic mass is 9.79. The van der Waals surface area contributed by atoms with Crippen molar-refractivity contribution < 1.29 is 22.7 Å². The first-order valence-corrected chi connectivity index (χ1v) is 11.8. The second-order valence-electron chi connectivity index (χ2n) is 9.27. The zero-order chi connectivity index (χ0) is 24.7. The molecule has 3 aromatic rings. The molecule has 0 radical (unpaired) electrons. The lowest BCUT2D eigenvalue weighted by Gasteiger charge is -2.50. The SMILES string of the molecule is C=CCN[C@@H]1C[C@@H]2c3[nH]c4ccccc4c3C[C@@H](C(=O)OC)N2[C@H](c2ccc(C(F)(F)F)cc2)C1. The molecule has 4 atom stereocenters. The molecule has 2 aromatic carbocycles. The number of nitrogens with zero attached hydrogens (tertiary/aromatic N) is 1. The predicted octanol–water partition coefficient (Wildman–Crippen LogP) is 5.31. The highest BCUT2D eigenvalue weighted by Crippen LogP contribution is 2.49. The summed E-state index contributed by atoms with van der Waals surface area (Å²) in [4.78, 5) is 18.8. The number of nitrogens with one attached hydrogen (secondary N) is 2. The van der Waals surface area contributed by atoms with Gasteiger partial charge >= 0.3 is 12.1 Å². The largest absolute Gasteiger partial charge is 0.468 e. The summed E-state index contributed by atoms with van der Waals surface area (Å²) in [7, 11) is 1.38. The van der Waals surface area contributed by atoms with Gasteiger partial charge < -0.3 is 15.0 Å². The zero-order valence-electron chi connectivity index (χ0n) is 19.4. The van der Waals surface area contributed by atoms with Crippen molar-refractivity contribution in [1.82, 2.24) is 15.2 Å². The second-order valence-corrected chi connectivity index (χ2v) is 9.27. The first-order chi connectivity index (χ1) is 16.8. The highest BCUT2D eigenvalue weighted by Gasteiger charge is 2.48. The minimum Gasteiger partial charge on any atom is -0.468 e. The third-order valence-corrected chi connectivity index (χ3v) is 7.32. The molecule has 2 aliphatic heterocycles. The monoisotopic (exact) mass is 483 g/mol. The number of hydrogen-bond donors (Lipinski definition) is 2. The summed E-state index contributed by atoms with van der Waals surface area (Å²) in [5.74, 6) is -0.333. The molecule has 5 nitrogen and oxygen atoms in total. The third-order valence-electron chi connectivity index (χ3n) is 7.32. The Morgan fingerprint density at radius 3 is 2.57 bits per heavy atom. The molecule has 2 N–H and O–H groups in total. The van der Waals surface area contributed by atoms with Crippen molar-refractivity contribution in [3.8, 4) is 0 Å². The summed E-state index contributed by atoms with van der Waals surface area (Å²) in [6.07, 6.45) is -0.728. The predicted molar refractivity (Wildman–Crippen MR) is 128 cm³/mol. The number of aromatic amines is 1. The molecule has 0 bridgehead atoms. The number of para-hydroxylation sites is 1. The van der Waals surface area contributed by atoms with Gasteiger partial charge in [0.2, 0.25) is 0 Å². The van der Waals surface area contributed by atoms with Crippen molar-refractivity contribution in [3.05, 3.63) is 83.6 Å². The number of carbonyl (C=O) groups is 1. The third kappa shape index (κ3) is 4.25. The number of rotatable bonds is 5. The number of carbonyl (C=O) groups excluding carboxylic acids is 1. The minimum atomic E-state index is -4.40. The quantitative estimate of drug-likeness (QED) is 0.382. The molecule has 0 saturated carbocycles. The summed E-state index contributed by atoms with van der Waals surface area (Å²) in [6.45, 7) is 4.42. The number of hydrogen-bond acceptors (Lipinski definition) is 4. The molecule has 0 aliphatic carbocycles. The van der Waals surface area contributed by atoms with E-state index in [1.54, 1.807) is 6.08 Å². The number of H-pyrrole nitrogens is 1. The Labute approximate surface area is 202 Å². The zero-order valence-corrected chi connectivity index (χ0v) is 19.4. The van der Waals surface area contributed by atoms with Gasteiger partial charge in [-0.1, -0.05) is 36.4 Å². The Bertz CT molecular complexity index is 1230. The van der Waals surface area contributed by atoms with Crippen LogP contribution in [0.15, 0.2) is 61.2 Å². The van der Waals surface area contributed by atoms with Crippen LogP contribution in [0.4, 0.5) is 13.2 Å². The minimum absolute atomic E-state index is 0.0946. The summed E-state index contributed by atoms with van der Waals surface area (Å²) in [5, 5.41) is 4.59. The normalized spacial score (nSPS) is 24.6. The molecule has 0 spiro atoms. The Balaban J connectivity index is 1.62. The van der Waals surface area contributed by atoms with Crippen LogP contribution in [0, 0.1) is 0 Å². The van der Waals surface area contributed by atoms with E-state index in [1.165, 1.54) is 19.2 Å². The van der Waals surface area contributed by atoms with E-state index in [-0.39, 0.29) is 24.1 Å². The fourth-order valence-electron chi connectivity index (χ4n) is 5.78. The lowest BCUT2D eigenvalue weighted by Crippen LogP contribution is -2.55. The molecular weight excluding hydrogens is 455 g/mol. The highest BCUT2D eigenvalue weighted by molar-refractivity contribution is 5.87. The van der Waals surface area contributed by atoms with Gasteiger partial charge in [0.15, 0.2) is 0 Å². The van der Waals surface area contributed by atoms with Gasteiger partial charge in [0.1, 0.15) is 6.04 Å². The van der Waals surface area contributed by atoms with Crippen molar-refractivity contribution in [3.63, 3.8) is 0 Å². The maximum Gasteiger partial charge on any atom is 0.416 e. The van der Waals surface area contributed by atoms with Gasteiger partial charge in [-0.15, -0.1) is 6.58 Å². The van der Waals surface area contributed by atoms with E-state index < -0.39 is 17.8 Å². The molecule has 1 aromatic heterocycles. The molecule has 2 aliphatic rings. The van der Waals surface area contributed by atoms with E-state index in [1.807, 2.05) is 18.2 Å². The molecule has 5 rings (SSSR count). The average Bonchev–Trinajstić information content (AvgIpc) is 3.24. The second kappa shape index (κ2) is 9.17. The first-order valence-electron chi connectivity index (χ1n) is 11.8. The van der Waals surface area contributed by atoms with E-state index in [4.69, 9.17) is 4.74 Å². The van der Waals surface area contributed by atoms with Crippen LogP contribution in [-0.4, -0.2) is 41.6 Å². The maximum atomic E-state index is 13.2. The van der Waals surface area contributed by atoms with Crippen molar-refractivity contribution in [2.24, 2.45) is 0 Å². The van der Waals surface area contributed by atoms with Gasteiger partial charge in [-0.3, -0.25) is 9.69 Å². The van der Waals surface area contributed by atoms with Gasteiger partial charge in [0, 0.05) is 41.6 Å². The number of esters is 1. The molecule has 1 fully saturated rings. The molecule has 0 amide bonds. The topological polar surface area (TPSA) is 57.4 Å². The summed E-state index contributed by atoms with van der Waals surface area (Å²) < 4.78 is 44.9.